The van der Waals surface area contributed by atoms with Crippen LogP contribution in [-0.2, 0) is 9.53 Å². The van der Waals surface area contributed by atoms with Crippen LogP contribution in [0.5, 0.6) is 0 Å². The van der Waals surface area contributed by atoms with Crippen molar-refractivity contribution in [2.45, 2.75) is 38.8 Å². The highest BCUT2D eigenvalue weighted by Crippen LogP contribution is 2.23. The molecule has 0 saturated carbocycles. The molecule has 0 aromatic heterocycles. The summed E-state index contributed by atoms with van der Waals surface area (Å²) in [6.45, 7) is 5.05. The topological polar surface area (TPSA) is 75.6 Å². The van der Waals surface area contributed by atoms with Gasteiger partial charge in [-0.3, -0.25) is 0 Å². The number of carbonyl (C=O) groups is 2. The van der Waals surface area contributed by atoms with E-state index in [0.29, 0.717) is 16.5 Å². The molecule has 0 aliphatic heterocycles. The van der Waals surface area contributed by atoms with Crippen molar-refractivity contribution in [3.8, 4) is 0 Å². The summed E-state index contributed by atoms with van der Waals surface area (Å²) >= 11 is 11.9. The maximum absolute atomic E-state index is 11.7. The van der Waals surface area contributed by atoms with E-state index >= 15 is 0 Å². The molecule has 0 bridgehead atoms. The summed E-state index contributed by atoms with van der Waals surface area (Å²) in [6.07, 6.45) is 4.15. The first-order chi connectivity index (χ1) is 9.58. The molecule has 0 aromatic rings. The number of hydrogen-bond acceptors (Lipinski definition) is 3. The molecular weight excluding hydrogens is 317 g/mol. The number of halogens is 2. The van der Waals surface area contributed by atoms with Crippen LogP contribution in [-0.4, -0.2) is 28.8 Å². The van der Waals surface area contributed by atoms with E-state index in [0.717, 1.165) is 0 Å². The lowest BCUT2D eigenvalue weighted by Gasteiger charge is -2.22. The normalized spacial score (nSPS) is 16.9. The molecule has 0 saturated heterocycles. The molecule has 1 unspecified atom stereocenters. The number of aliphatic carboxylic acids is 1. The molecule has 1 aliphatic carbocycles. The zero-order valence-electron chi connectivity index (χ0n) is 11.9. The van der Waals surface area contributed by atoms with Gasteiger partial charge in [-0.1, -0.05) is 29.3 Å². The molecule has 5 nitrogen and oxygen atoms in total. The maximum atomic E-state index is 11.7. The SMILES string of the molecule is CC(C)(C)OC(=O)NC(C(=O)O)C1=CC(Cl)=CCC(Cl)=C1. The fourth-order valence-corrected chi connectivity index (χ4v) is 1.98. The van der Waals surface area contributed by atoms with E-state index in [1.54, 1.807) is 26.8 Å². The van der Waals surface area contributed by atoms with E-state index in [-0.39, 0.29) is 5.57 Å². The molecule has 7 heteroatoms. The summed E-state index contributed by atoms with van der Waals surface area (Å²) in [5.41, 5.74) is -0.451. The van der Waals surface area contributed by atoms with Crippen molar-refractivity contribution in [1.29, 1.82) is 0 Å². The first kappa shape index (κ1) is 17.6. The zero-order valence-corrected chi connectivity index (χ0v) is 13.5. The van der Waals surface area contributed by atoms with Crippen LogP contribution in [0, 0.1) is 0 Å². The van der Waals surface area contributed by atoms with E-state index in [1.807, 2.05) is 0 Å². The van der Waals surface area contributed by atoms with Crippen molar-refractivity contribution < 1.29 is 19.4 Å². The van der Waals surface area contributed by atoms with Gasteiger partial charge in [-0.05, 0) is 38.5 Å². The number of hydrogen-bond donors (Lipinski definition) is 2. The smallest absolute Gasteiger partial charge is 0.408 e. The first-order valence-electron chi connectivity index (χ1n) is 6.24. The molecule has 0 radical (unpaired) electrons. The predicted molar refractivity (Wildman–Crippen MR) is 81.4 cm³/mol. The van der Waals surface area contributed by atoms with E-state index in [1.165, 1.54) is 12.2 Å². The average molecular weight is 334 g/mol. The number of carbonyl (C=O) groups excluding carboxylic acids is 1. The lowest BCUT2D eigenvalue weighted by atomic mass is 10.1. The highest BCUT2D eigenvalue weighted by atomic mass is 35.5. The van der Waals surface area contributed by atoms with Crippen molar-refractivity contribution >= 4 is 35.3 Å². The van der Waals surface area contributed by atoms with Crippen molar-refractivity contribution in [1.82, 2.24) is 5.32 Å². The first-order valence-corrected chi connectivity index (χ1v) is 7.00. The molecule has 0 aromatic carbocycles. The molecule has 1 atom stereocenters. The summed E-state index contributed by atoms with van der Waals surface area (Å²) in [7, 11) is 0. The third-order valence-electron chi connectivity index (χ3n) is 2.36. The Bertz CT molecular complexity index is 530. The summed E-state index contributed by atoms with van der Waals surface area (Å²) in [4.78, 5) is 23.1. The van der Waals surface area contributed by atoms with Gasteiger partial charge in [0.2, 0.25) is 0 Å². The highest BCUT2D eigenvalue weighted by Gasteiger charge is 2.27. The Hall–Kier alpha value is -1.46. The lowest BCUT2D eigenvalue weighted by molar-refractivity contribution is -0.138. The van der Waals surface area contributed by atoms with Gasteiger partial charge in [-0.15, -0.1) is 0 Å². The Morgan fingerprint density at radius 1 is 1.33 bits per heavy atom. The summed E-state index contributed by atoms with van der Waals surface area (Å²) in [5, 5.41) is 12.4. The minimum atomic E-state index is -1.30. The number of alkyl carbamates (subject to hydrolysis) is 1. The predicted octanol–water partition coefficient (Wildman–Crippen LogP) is 3.54. The molecule has 0 fully saturated rings. The molecular formula is C14H17Cl2NO4. The molecule has 1 aliphatic rings. The Kier molecular flexibility index (Phi) is 5.87. The zero-order chi connectivity index (χ0) is 16.2. The summed E-state index contributed by atoms with van der Waals surface area (Å²) < 4.78 is 5.05. The van der Waals surface area contributed by atoms with E-state index in [9.17, 15) is 14.7 Å². The number of carboxylic acids is 1. The Balaban J connectivity index is 2.97. The second-order valence-electron chi connectivity index (χ2n) is 5.45. The van der Waals surface area contributed by atoms with Gasteiger partial charge in [0.15, 0.2) is 6.04 Å². The summed E-state index contributed by atoms with van der Waals surface area (Å²) in [5.74, 6) is -1.24. The van der Waals surface area contributed by atoms with E-state index < -0.39 is 23.7 Å². The molecule has 0 heterocycles. The third-order valence-corrected chi connectivity index (χ3v) is 2.89. The number of amides is 1. The molecule has 21 heavy (non-hydrogen) atoms. The van der Waals surface area contributed by atoms with Gasteiger partial charge < -0.3 is 15.2 Å². The molecule has 2 N–H and O–H groups in total. The van der Waals surface area contributed by atoms with Gasteiger partial charge in [0.1, 0.15) is 5.60 Å². The highest BCUT2D eigenvalue weighted by molar-refractivity contribution is 6.32. The standard InChI is InChI=1S/C14H17Cl2NO4/c1-14(2,3)21-13(20)17-11(12(18)19)8-6-9(15)4-5-10(16)7-8/h4,6-7,11H,5H2,1-3H3,(H,17,20)(H,18,19). The molecule has 0 spiro atoms. The van der Waals surface area contributed by atoms with Crippen LogP contribution in [0.25, 0.3) is 0 Å². The van der Waals surface area contributed by atoms with Gasteiger partial charge in [0.25, 0.3) is 0 Å². The van der Waals surface area contributed by atoms with Crippen molar-refractivity contribution in [3.05, 3.63) is 33.9 Å². The van der Waals surface area contributed by atoms with Crippen LogP contribution in [0.4, 0.5) is 4.79 Å². The van der Waals surface area contributed by atoms with Gasteiger partial charge in [0, 0.05) is 16.5 Å². The van der Waals surface area contributed by atoms with Crippen LogP contribution in [0.3, 0.4) is 0 Å². The van der Waals surface area contributed by atoms with Crippen LogP contribution >= 0.6 is 23.2 Å². The van der Waals surface area contributed by atoms with Crippen molar-refractivity contribution in [2.75, 3.05) is 0 Å². The Morgan fingerprint density at radius 2 is 1.95 bits per heavy atom. The maximum Gasteiger partial charge on any atom is 0.408 e. The van der Waals surface area contributed by atoms with Crippen LogP contribution in [0.2, 0.25) is 0 Å². The minimum Gasteiger partial charge on any atom is -0.479 e. The minimum absolute atomic E-state index is 0.275. The second kappa shape index (κ2) is 7.00. The second-order valence-corrected chi connectivity index (χ2v) is 6.37. The number of allylic oxidation sites excluding steroid dienone is 4. The quantitative estimate of drug-likeness (QED) is 0.828. The fourth-order valence-electron chi connectivity index (χ4n) is 1.57. The van der Waals surface area contributed by atoms with Gasteiger partial charge >= 0.3 is 12.1 Å². The monoisotopic (exact) mass is 333 g/mol. The largest absolute Gasteiger partial charge is 0.479 e. The van der Waals surface area contributed by atoms with E-state index in [4.69, 9.17) is 27.9 Å². The fraction of sp³-hybridized carbons (Fsp3) is 0.429. The van der Waals surface area contributed by atoms with Crippen LogP contribution in [0.15, 0.2) is 33.9 Å². The molecule has 116 valence electrons. The van der Waals surface area contributed by atoms with E-state index in [2.05, 4.69) is 5.32 Å². The number of ether oxygens (including phenoxy) is 1. The van der Waals surface area contributed by atoms with Gasteiger partial charge in [-0.25, -0.2) is 9.59 Å². The van der Waals surface area contributed by atoms with Crippen molar-refractivity contribution in [2.24, 2.45) is 0 Å². The number of rotatable bonds is 3. The number of carboxylic acid groups (broad SMARTS) is 1. The summed E-state index contributed by atoms with van der Waals surface area (Å²) in [6, 6.07) is -1.30. The Labute approximate surface area is 133 Å². The third kappa shape index (κ3) is 6.23. The average Bonchev–Trinajstić information content (AvgIpc) is 2.45. The lowest BCUT2D eigenvalue weighted by Crippen LogP contribution is -2.44. The Morgan fingerprint density at radius 3 is 2.48 bits per heavy atom. The van der Waals surface area contributed by atoms with Crippen LogP contribution < -0.4 is 5.32 Å². The van der Waals surface area contributed by atoms with Crippen LogP contribution in [0.1, 0.15) is 27.2 Å². The molecule has 1 amide bonds. The van der Waals surface area contributed by atoms with Crippen molar-refractivity contribution in [3.63, 3.8) is 0 Å². The van der Waals surface area contributed by atoms with Gasteiger partial charge in [0.05, 0.1) is 0 Å². The number of nitrogens with one attached hydrogen (secondary N) is 1. The van der Waals surface area contributed by atoms with Gasteiger partial charge in [-0.2, -0.15) is 0 Å². The molecule has 1 rings (SSSR count).